The van der Waals surface area contributed by atoms with Gasteiger partial charge in [-0.05, 0) is 19.8 Å². The first kappa shape index (κ1) is 14.9. The third-order valence-electron chi connectivity index (χ3n) is 3.39. The van der Waals surface area contributed by atoms with E-state index in [9.17, 15) is 14.4 Å². The van der Waals surface area contributed by atoms with Crippen molar-refractivity contribution in [3.05, 3.63) is 0 Å². The lowest BCUT2D eigenvalue weighted by Crippen LogP contribution is -2.44. The number of hydrogen-bond acceptors (Lipinski definition) is 3. The predicted molar refractivity (Wildman–Crippen MR) is 69.0 cm³/mol. The molecule has 0 bridgehead atoms. The molecule has 2 atom stereocenters. The van der Waals surface area contributed by atoms with Gasteiger partial charge in [-0.1, -0.05) is 20.8 Å². The Hall–Kier alpha value is -1.19. The second-order valence-electron chi connectivity index (χ2n) is 6.17. The first-order valence-corrected chi connectivity index (χ1v) is 6.58. The molecule has 0 heterocycles. The van der Waals surface area contributed by atoms with Crippen molar-refractivity contribution in [2.75, 3.05) is 0 Å². The van der Waals surface area contributed by atoms with Crippen molar-refractivity contribution in [3.8, 4) is 0 Å². The van der Waals surface area contributed by atoms with E-state index in [1.165, 1.54) is 0 Å². The molecule has 0 spiro atoms. The fourth-order valence-corrected chi connectivity index (χ4v) is 2.02. The van der Waals surface area contributed by atoms with Gasteiger partial charge in [0.15, 0.2) is 5.78 Å². The van der Waals surface area contributed by atoms with Crippen LogP contribution in [-0.2, 0) is 14.4 Å². The number of carbonyl (C=O) groups is 3. The zero-order valence-corrected chi connectivity index (χ0v) is 11.7. The lowest BCUT2D eigenvalue weighted by atomic mass is 9.93. The first-order valence-electron chi connectivity index (χ1n) is 6.58. The van der Waals surface area contributed by atoms with Gasteiger partial charge >= 0.3 is 0 Å². The Morgan fingerprint density at radius 2 is 2.00 bits per heavy atom. The van der Waals surface area contributed by atoms with Crippen LogP contribution in [0.4, 0.5) is 0 Å². The summed E-state index contributed by atoms with van der Waals surface area (Å²) < 4.78 is 0. The average Bonchev–Trinajstić information content (AvgIpc) is 2.62. The van der Waals surface area contributed by atoms with E-state index in [4.69, 9.17) is 0 Å². The van der Waals surface area contributed by atoms with E-state index in [0.29, 0.717) is 6.42 Å². The highest BCUT2D eigenvalue weighted by Gasteiger charge is 2.30. The Morgan fingerprint density at radius 3 is 2.44 bits per heavy atom. The van der Waals surface area contributed by atoms with Gasteiger partial charge in [-0.15, -0.1) is 0 Å². The minimum atomic E-state index is -0.509. The van der Waals surface area contributed by atoms with E-state index in [-0.39, 0.29) is 29.8 Å². The lowest BCUT2D eigenvalue weighted by molar-refractivity contribution is -0.133. The van der Waals surface area contributed by atoms with E-state index in [2.05, 4.69) is 5.32 Å². The Labute approximate surface area is 109 Å². The molecule has 0 unspecified atom stereocenters. The quantitative estimate of drug-likeness (QED) is 0.832. The molecule has 4 nitrogen and oxygen atoms in total. The van der Waals surface area contributed by atoms with Gasteiger partial charge < -0.3 is 5.32 Å². The van der Waals surface area contributed by atoms with Crippen LogP contribution in [0.2, 0.25) is 0 Å². The molecule has 0 aromatic carbocycles. The third kappa shape index (κ3) is 3.93. The Kier molecular flexibility index (Phi) is 4.65. The van der Waals surface area contributed by atoms with Gasteiger partial charge in [0.2, 0.25) is 5.91 Å². The fraction of sp³-hybridized carbons (Fsp3) is 0.786. The van der Waals surface area contributed by atoms with E-state index in [1.807, 2.05) is 0 Å². The molecule has 18 heavy (non-hydrogen) atoms. The fourth-order valence-electron chi connectivity index (χ4n) is 2.02. The minimum Gasteiger partial charge on any atom is -0.346 e. The van der Waals surface area contributed by atoms with Crippen molar-refractivity contribution in [3.63, 3.8) is 0 Å². The average molecular weight is 253 g/mol. The highest BCUT2D eigenvalue weighted by atomic mass is 16.2. The third-order valence-corrected chi connectivity index (χ3v) is 3.39. The zero-order valence-electron chi connectivity index (χ0n) is 11.7. The standard InChI is InChI=1S/C14H23NO3/c1-9(15-13(18)14(2,3)4)12(17)8-10-6-5-7-11(10)16/h9-10H,5-8H2,1-4H3,(H,15,18)/t9-,10+/m0/s1. The molecule has 1 amide bonds. The second-order valence-corrected chi connectivity index (χ2v) is 6.17. The summed E-state index contributed by atoms with van der Waals surface area (Å²) in [4.78, 5) is 35.2. The minimum absolute atomic E-state index is 0.0483. The highest BCUT2D eigenvalue weighted by Crippen LogP contribution is 2.25. The summed E-state index contributed by atoms with van der Waals surface area (Å²) in [6.07, 6.45) is 2.56. The molecule has 1 aliphatic carbocycles. The summed E-state index contributed by atoms with van der Waals surface area (Å²) in [6.45, 7) is 7.10. The lowest BCUT2D eigenvalue weighted by Gasteiger charge is -2.21. The number of nitrogens with one attached hydrogen (secondary N) is 1. The van der Waals surface area contributed by atoms with Crippen LogP contribution in [0.5, 0.6) is 0 Å². The molecule has 0 radical (unpaired) electrons. The van der Waals surface area contributed by atoms with E-state index >= 15 is 0 Å². The van der Waals surface area contributed by atoms with Crippen LogP contribution in [-0.4, -0.2) is 23.5 Å². The second kappa shape index (κ2) is 5.63. The molecule has 1 aliphatic rings. The summed E-state index contributed by atoms with van der Waals surface area (Å²) in [6, 6.07) is -0.509. The van der Waals surface area contributed by atoms with Gasteiger partial charge in [0, 0.05) is 24.2 Å². The Morgan fingerprint density at radius 1 is 1.39 bits per heavy atom. The first-order chi connectivity index (χ1) is 8.21. The number of rotatable bonds is 4. The number of hydrogen-bond donors (Lipinski definition) is 1. The molecule has 102 valence electrons. The largest absolute Gasteiger partial charge is 0.346 e. The van der Waals surface area contributed by atoms with E-state index in [1.54, 1.807) is 27.7 Å². The van der Waals surface area contributed by atoms with Crippen LogP contribution in [0.1, 0.15) is 53.4 Å². The van der Waals surface area contributed by atoms with Crippen molar-refractivity contribution in [2.45, 2.75) is 59.4 Å². The normalized spacial score (nSPS) is 21.8. The van der Waals surface area contributed by atoms with Gasteiger partial charge in [-0.2, -0.15) is 0 Å². The smallest absolute Gasteiger partial charge is 0.225 e. The highest BCUT2D eigenvalue weighted by molar-refractivity contribution is 5.94. The van der Waals surface area contributed by atoms with Gasteiger partial charge in [0.25, 0.3) is 0 Å². The van der Waals surface area contributed by atoms with Gasteiger partial charge in [-0.25, -0.2) is 0 Å². The van der Waals surface area contributed by atoms with Gasteiger partial charge in [0.05, 0.1) is 6.04 Å². The summed E-state index contributed by atoms with van der Waals surface area (Å²) in [7, 11) is 0. The van der Waals surface area contributed by atoms with Crippen molar-refractivity contribution >= 4 is 17.5 Å². The van der Waals surface area contributed by atoms with Crippen molar-refractivity contribution in [2.24, 2.45) is 11.3 Å². The maximum absolute atomic E-state index is 11.9. The molecule has 0 saturated heterocycles. The van der Waals surface area contributed by atoms with E-state index in [0.717, 1.165) is 12.8 Å². The van der Waals surface area contributed by atoms with E-state index < -0.39 is 11.5 Å². The van der Waals surface area contributed by atoms with Crippen LogP contribution in [0.25, 0.3) is 0 Å². The summed E-state index contributed by atoms with van der Waals surface area (Å²) in [5, 5.41) is 2.71. The molecule has 1 fully saturated rings. The van der Waals surface area contributed by atoms with Crippen molar-refractivity contribution < 1.29 is 14.4 Å². The number of Topliss-reactive ketones (excluding diaryl/α,β-unsaturated/α-hetero) is 2. The molecule has 1 rings (SSSR count). The summed E-state index contributed by atoms with van der Waals surface area (Å²) in [5.74, 6) is -0.113. The van der Waals surface area contributed by atoms with Crippen LogP contribution in [0.15, 0.2) is 0 Å². The van der Waals surface area contributed by atoms with Crippen LogP contribution >= 0.6 is 0 Å². The molecule has 1 saturated carbocycles. The maximum atomic E-state index is 11.9. The Balaban J connectivity index is 2.47. The molecule has 0 aromatic heterocycles. The summed E-state index contributed by atoms with van der Waals surface area (Å²) >= 11 is 0. The molecule has 0 aromatic rings. The van der Waals surface area contributed by atoms with Crippen molar-refractivity contribution in [1.29, 1.82) is 0 Å². The zero-order chi connectivity index (χ0) is 13.9. The maximum Gasteiger partial charge on any atom is 0.225 e. The van der Waals surface area contributed by atoms with Crippen LogP contribution in [0.3, 0.4) is 0 Å². The molecular weight excluding hydrogens is 230 g/mol. The summed E-state index contributed by atoms with van der Waals surface area (Å²) in [5.41, 5.74) is -0.502. The number of ketones is 2. The molecule has 4 heteroatoms. The monoisotopic (exact) mass is 253 g/mol. The Bertz CT molecular complexity index is 355. The predicted octanol–water partition coefficient (Wildman–Crippen LogP) is 1.87. The van der Waals surface area contributed by atoms with Crippen molar-refractivity contribution in [1.82, 2.24) is 5.32 Å². The van der Waals surface area contributed by atoms with Gasteiger partial charge in [0.1, 0.15) is 5.78 Å². The molecule has 0 aliphatic heterocycles. The van der Waals surface area contributed by atoms with Crippen LogP contribution in [0, 0.1) is 11.3 Å². The van der Waals surface area contributed by atoms with Gasteiger partial charge in [-0.3, -0.25) is 14.4 Å². The molecular formula is C14H23NO3. The number of carbonyl (C=O) groups excluding carboxylic acids is 3. The SMILES string of the molecule is C[C@H](NC(=O)C(C)(C)C)C(=O)C[C@H]1CCCC1=O. The molecule has 1 N–H and O–H groups in total. The van der Waals surface area contributed by atoms with Crippen LogP contribution < -0.4 is 5.32 Å². The topological polar surface area (TPSA) is 63.2 Å². The number of amides is 1.